The summed E-state index contributed by atoms with van der Waals surface area (Å²) < 4.78 is 13.4. The molecule has 8 heteroatoms. The average molecular weight is 324 g/mol. The Balaban J connectivity index is 2.17. The fourth-order valence-corrected chi connectivity index (χ4v) is 2.01. The molecule has 2 amide bonds. The number of nitro benzene ring substituents is 1. The van der Waals surface area contributed by atoms with Gasteiger partial charge in [-0.05, 0) is 30.7 Å². The first-order chi connectivity index (χ1) is 10.4. The Morgan fingerprint density at radius 3 is 2.50 bits per heavy atom. The number of carbonyl (C=O) groups is 1. The average Bonchev–Trinajstić information content (AvgIpc) is 2.44. The van der Waals surface area contributed by atoms with Crippen LogP contribution in [0.3, 0.4) is 0 Å². The van der Waals surface area contributed by atoms with E-state index in [4.69, 9.17) is 11.6 Å². The second kappa shape index (κ2) is 6.40. The topological polar surface area (TPSA) is 84.3 Å². The van der Waals surface area contributed by atoms with Crippen LogP contribution >= 0.6 is 11.6 Å². The van der Waals surface area contributed by atoms with Crippen LogP contribution in [-0.2, 0) is 0 Å². The van der Waals surface area contributed by atoms with Gasteiger partial charge < -0.3 is 10.6 Å². The molecule has 22 heavy (non-hydrogen) atoms. The van der Waals surface area contributed by atoms with Crippen LogP contribution in [0.1, 0.15) is 5.56 Å². The third-order valence-corrected chi connectivity index (χ3v) is 3.16. The number of nitrogens with zero attached hydrogens (tertiary/aromatic N) is 1. The standard InChI is InChI=1S/C14H11ClFN3O3/c1-8-6-13(19(21)22)9(15)7-12(8)18-14(20)17-11-5-3-2-4-10(11)16/h2-7H,1H3,(H2,17,18,20). The van der Waals surface area contributed by atoms with Gasteiger partial charge in [0.2, 0.25) is 0 Å². The number of carbonyl (C=O) groups excluding carboxylic acids is 1. The minimum absolute atomic E-state index is 0.0191. The minimum atomic E-state index is -0.682. The summed E-state index contributed by atoms with van der Waals surface area (Å²) in [5, 5.41) is 15.5. The highest BCUT2D eigenvalue weighted by Gasteiger charge is 2.16. The van der Waals surface area contributed by atoms with E-state index in [1.807, 2.05) is 0 Å². The summed E-state index contributed by atoms with van der Waals surface area (Å²) in [7, 11) is 0. The largest absolute Gasteiger partial charge is 0.323 e. The molecule has 0 heterocycles. The summed E-state index contributed by atoms with van der Waals surface area (Å²) in [6.45, 7) is 1.59. The Bertz CT molecular complexity index is 752. The zero-order chi connectivity index (χ0) is 16.3. The van der Waals surface area contributed by atoms with Crippen LogP contribution in [0.4, 0.5) is 26.2 Å². The van der Waals surface area contributed by atoms with Gasteiger partial charge in [-0.1, -0.05) is 23.7 Å². The number of amides is 2. The third-order valence-electron chi connectivity index (χ3n) is 2.86. The SMILES string of the molecule is Cc1cc([N+](=O)[O-])c(Cl)cc1NC(=O)Nc1ccccc1F. The monoisotopic (exact) mass is 323 g/mol. The number of anilines is 2. The van der Waals surface area contributed by atoms with Crippen molar-refractivity contribution in [1.82, 2.24) is 0 Å². The normalized spacial score (nSPS) is 10.1. The highest BCUT2D eigenvalue weighted by Crippen LogP contribution is 2.30. The summed E-state index contributed by atoms with van der Waals surface area (Å²) in [4.78, 5) is 22.0. The Hall–Kier alpha value is -2.67. The van der Waals surface area contributed by atoms with Crippen molar-refractivity contribution in [2.75, 3.05) is 10.6 Å². The van der Waals surface area contributed by atoms with Crippen molar-refractivity contribution in [2.24, 2.45) is 0 Å². The maximum atomic E-state index is 13.4. The Labute approximate surface area is 130 Å². The van der Waals surface area contributed by atoms with Crippen molar-refractivity contribution in [2.45, 2.75) is 6.92 Å². The number of hydrogen-bond donors (Lipinski definition) is 2. The van der Waals surface area contributed by atoms with Gasteiger partial charge in [0.05, 0.1) is 10.6 Å². The van der Waals surface area contributed by atoms with Gasteiger partial charge in [0.15, 0.2) is 0 Å². The molecule has 0 atom stereocenters. The molecule has 0 aliphatic heterocycles. The summed E-state index contributed by atoms with van der Waals surface area (Å²) in [5.74, 6) is -0.573. The summed E-state index contributed by atoms with van der Waals surface area (Å²) in [6, 6.07) is 7.54. The Morgan fingerprint density at radius 1 is 1.23 bits per heavy atom. The number of para-hydroxylation sites is 1. The molecule has 0 fully saturated rings. The summed E-state index contributed by atoms with van der Waals surface area (Å²) >= 11 is 5.79. The fourth-order valence-electron chi connectivity index (χ4n) is 1.78. The molecule has 0 unspecified atom stereocenters. The van der Waals surface area contributed by atoms with Gasteiger partial charge in [0.1, 0.15) is 10.8 Å². The second-order valence-electron chi connectivity index (χ2n) is 4.43. The van der Waals surface area contributed by atoms with Gasteiger partial charge in [-0.25, -0.2) is 9.18 Å². The van der Waals surface area contributed by atoms with Crippen LogP contribution in [0.5, 0.6) is 0 Å². The molecule has 0 saturated heterocycles. The number of rotatable bonds is 3. The van der Waals surface area contributed by atoms with Gasteiger partial charge >= 0.3 is 6.03 Å². The molecule has 2 rings (SSSR count). The molecule has 0 aliphatic carbocycles. The maximum Gasteiger partial charge on any atom is 0.323 e. The number of hydrogen-bond acceptors (Lipinski definition) is 3. The molecule has 0 radical (unpaired) electrons. The van der Waals surface area contributed by atoms with E-state index >= 15 is 0 Å². The van der Waals surface area contributed by atoms with E-state index in [1.54, 1.807) is 13.0 Å². The number of nitro groups is 1. The third kappa shape index (κ3) is 3.50. The summed E-state index contributed by atoms with van der Waals surface area (Å²) in [5.41, 5.74) is 0.522. The van der Waals surface area contributed by atoms with Crippen molar-refractivity contribution < 1.29 is 14.1 Å². The van der Waals surface area contributed by atoms with Crippen LogP contribution in [-0.4, -0.2) is 11.0 Å². The Kier molecular flexibility index (Phi) is 4.57. The molecule has 0 aromatic heterocycles. The molecule has 2 aromatic carbocycles. The quantitative estimate of drug-likeness (QED) is 0.651. The fraction of sp³-hybridized carbons (Fsp3) is 0.0714. The lowest BCUT2D eigenvalue weighted by molar-refractivity contribution is -0.384. The predicted octanol–water partition coefficient (Wildman–Crippen LogP) is 4.34. The smallest absolute Gasteiger partial charge is 0.307 e. The lowest BCUT2D eigenvalue weighted by Gasteiger charge is -2.11. The maximum absolute atomic E-state index is 13.4. The van der Waals surface area contributed by atoms with E-state index in [-0.39, 0.29) is 16.4 Å². The van der Waals surface area contributed by atoms with Gasteiger partial charge in [0.25, 0.3) is 5.69 Å². The second-order valence-corrected chi connectivity index (χ2v) is 4.84. The van der Waals surface area contributed by atoms with E-state index in [2.05, 4.69) is 10.6 Å². The number of aryl methyl sites for hydroxylation is 1. The van der Waals surface area contributed by atoms with Crippen LogP contribution in [0, 0.1) is 22.9 Å². The summed E-state index contributed by atoms with van der Waals surface area (Å²) in [6.07, 6.45) is 0. The number of benzene rings is 2. The van der Waals surface area contributed by atoms with Crippen molar-refractivity contribution in [1.29, 1.82) is 0 Å². The highest BCUT2D eigenvalue weighted by atomic mass is 35.5. The predicted molar refractivity (Wildman–Crippen MR) is 81.9 cm³/mol. The first kappa shape index (κ1) is 15.7. The lowest BCUT2D eigenvalue weighted by Crippen LogP contribution is -2.20. The molecule has 6 nitrogen and oxygen atoms in total. The van der Waals surface area contributed by atoms with Gasteiger partial charge in [-0.15, -0.1) is 0 Å². The van der Waals surface area contributed by atoms with Gasteiger partial charge in [-0.2, -0.15) is 0 Å². The molecule has 0 aliphatic rings. The van der Waals surface area contributed by atoms with E-state index in [0.717, 1.165) is 0 Å². The van der Waals surface area contributed by atoms with Crippen LogP contribution in [0.15, 0.2) is 36.4 Å². The number of halogens is 2. The zero-order valence-corrected chi connectivity index (χ0v) is 12.1. The van der Waals surface area contributed by atoms with Gasteiger partial charge in [0, 0.05) is 11.8 Å². The number of nitrogens with one attached hydrogen (secondary N) is 2. The van der Waals surface area contributed by atoms with Crippen LogP contribution in [0.2, 0.25) is 5.02 Å². The highest BCUT2D eigenvalue weighted by molar-refractivity contribution is 6.33. The lowest BCUT2D eigenvalue weighted by atomic mass is 10.2. The van der Waals surface area contributed by atoms with Crippen LogP contribution in [0.25, 0.3) is 0 Å². The molecule has 2 N–H and O–H groups in total. The number of urea groups is 1. The molecule has 0 saturated carbocycles. The van der Waals surface area contributed by atoms with Crippen molar-refractivity contribution in [3.8, 4) is 0 Å². The molecular weight excluding hydrogens is 313 g/mol. The molecule has 0 spiro atoms. The molecule has 2 aromatic rings. The van der Waals surface area contributed by atoms with E-state index < -0.39 is 16.8 Å². The van der Waals surface area contributed by atoms with Gasteiger partial charge in [-0.3, -0.25) is 10.1 Å². The first-order valence-corrected chi connectivity index (χ1v) is 6.53. The Morgan fingerprint density at radius 2 is 1.86 bits per heavy atom. The van der Waals surface area contributed by atoms with Crippen molar-refractivity contribution in [3.63, 3.8) is 0 Å². The van der Waals surface area contributed by atoms with E-state index in [9.17, 15) is 19.3 Å². The van der Waals surface area contributed by atoms with E-state index in [0.29, 0.717) is 11.3 Å². The molecule has 0 bridgehead atoms. The van der Waals surface area contributed by atoms with Crippen LogP contribution < -0.4 is 10.6 Å². The zero-order valence-electron chi connectivity index (χ0n) is 11.4. The van der Waals surface area contributed by atoms with E-state index in [1.165, 1.54) is 30.3 Å². The molecule has 114 valence electrons. The first-order valence-electron chi connectivity index (χ1n) is 6.15. The van der Waals surface area contributed by atoms with Crippen molar-refractivity contribution >= 4 is 34.7 Å². The molecular formula is C14H11ClFN3O3. The minimum Gasteiger partial charge on any atom is -0.307 e. The van der Waals surface area contributed by atoms with Crippen molar-refractivity contribution in [3.05, 3.63) is 62.9 Å².